The molecule has 1 rings (SSSR count). The van der Waals surface area contributed by atoms with Crippen LogP contribution >= 0.6 is 0 Å². The topological polar surface area (TPSA) is 43.4 Å². The number of carbonyl (C=O) groups excluding carboxylic acids is 2. The lowest BCUT2D eigenvalue weighted by Crippen LogP contribution is -2.29. The Kier molecular flexibility index (Phi) is 4.05. The molecule has 16 heavy (non-hydrogen) atoms. The van der Waals surface area contributed by atoms with Crippen LogP contribution in [-0.2, 0) is 14.3 Å². The number of carbonyl (C=O) groups is 2. The van der Waals surface area contributed by atoms with Crippen molar-refractivity contribution >= 4 is 11.8 Å². The van der Waals surface area contributed by atoms with E-state index in [0.29, 0.717) is 0 Å². The van der Waals surface area contributed by atoms with Crippen molar-refractivity contribution < 1.29 is 14.3 Å². The third-order valence-corrected chi connectivity index (χ3v) is 2.87. The molecule has 0 heterocycles. The van der Waals surface area contributed by atoms with Gasteiger partial charge < -0.3 is 4.74 Å². The molecule has 0 fully saturated rings. The van der Waals surface area contributed by atoms with Crippen LogP contribution in [0.1, 0.15) is 27.2 Å². The van der Waals surface area contributed by atoms with Crippen LogP contribution in [0.5, 0.6) is 0 Å². The first kappa shape index (κ1) is 12.7. The normalized spacial score (nSPS) is 22.6. The molecule has 1 atom stereocenters. The van der Waals surface area contributed by atoms with Crippen molar-refractivity contribution in [1.29, 1.82) is 0 Å². The fourth-order valence-electron chi connectivity index (χ4n) is 1.90. The first-order valence-corrected chi connectivity index (χ1v) is 5.47. The standard InChI is InChI=1S/C13H18O3/c1-4-6-12(15)16-9-11(14)10-7-5-8-13(10,2)3/h4-6,8,10H,7,9H2,1-3H3/b6-4+/t10-/m1/s1. The van der Waals surface area contributed by atoms with Crippen molar-refractivity contribution in [2.75, 3.05) is 6.61 Å². The second-order valence-electron chi connectivity index (χ2n) is 4.59. The highest BCUT2D eigenvalue weighted by molar-refractivity contribution is 5.88. The van der Waals surface area contributed by atoms with E-state index >= 15 is 0 Å². The predicted molar refractivity (Wildman–Crippen MR) is 61.8 cm³/mol. The number of ketones is 1. The van der Waals surface area contributed by atoms with Gasteiger partial charge in [0.25, 0.3) is 0 Å². The van der Waals surface area contributed by atoms with Crippen LogP contribution < -0.4 is 0 Å². The van der Waals surface area contributed by atoms with E-state index in [1.807, 2.05) is 26.0 Å². The van der Waals surface area contributed by atoms with Crippen molar-refractivity contribution in [3.63, 3.8) is 0 Å². The van der Waals surface area contributed by atoms with Gasteiger partial charge in [-0.2, -0.15) is 0 Å². The Morgan fingerprint density at radius 2 is 2.19 bits per heavy atom. The first-order valence-electron chi connectivity index (χ1n) is 5.47. The maximum absolute atomic E-state index is 11.8. The number of hydrogen-bond donors (Lipinski definition) is 0. The summed E-state index contributed by atoms with van der Waals surface area (Å²) in [6.07, 6.45) is 7.70. The lowest BCUT2D eigenvalue weighted by atomic mass is 9.79. The summed E-state index contributed by atoms with van der Waals surface area (Å²) in [5.41, 5.74) is -0.121. The molecule has 1 aliphatic carbocycles. The Bertz CT molecular complexity index is 337. The van der Waals surface area contributed by atoms with Crippen molar-refractivity contribution in [3.8, 4) is 0 Å². The Morgan fingerprint density at radius 3 is 2.69 bits per heavy atom. The van der Waals surface area contributed by atoms with Gasteiger partial charge in [-0.15, -0.1) is 0 Å². The summed E-state index contributed by atoms with van der Waals surface area (Å²) in [7, 11) is 0. The molecule has 0 aromatic heterocycles. The van der Waals surface area contributed by atoms with E-state index in [9.17, 15) is 9.59 Å². The highest BCUT2D eigenvalue weighted by Gasteiger charge is 2.35. The van der Waals surface area contributed by atoms with Crippen LogP contribution in [0.15, 0.2) is 24.3 Å². The van der Waals surface area contributed by atoms with E-state index in [2.05, 4.69) is 0 Å². The van der Waals surface area contributed by atoms with Gasteiger partial charge in [0.1, 0.15) is 0 Å². The zero-order chi connectivity index (χ0) is 12.2. The van der Waals surface area contributed by atoms with E-state index in [0.717, 1.165) is 6.42 Å². The molecule has 0 aromatic carbocycles. The van der Waals surface area contributed by atoms with E-state index in [-0.39, 0.29) is 23.7 Å². The van der Waals surface area contributed by atoms with Gasteiger partial charge in [-0.05, 0) is 18.8 Å². The zero-order valence-electron chi connectivity index (χ0n) is 10.0. The third kappa shape index (κ3) is 3.05. The number of esters is 1. The smallest absolute Gasteiger partial charge is 0.330 e. The second kappa shape index (κ2) is 5.10. The quantitative estimate of drug-likeness (QED) is 0.416. The molecule has 0 bridgehead atoms. The van der Waals surface area contributed by atoms with Gasteiger partial charge in [0.15, 0.2) is 12.4 Å². The van der Waals surface area contributed by atoms with Gasteiger partial charge in [0.05, 0.1) is 0 Å². The predicted octanol–water partition coefficient (Wildman–Crippen LogP) is 2.28. The fraction of sp³-hybridized carbons (Fsp3) is 0.538. The van der Waals surface area contributed by atoms with E-state index in [1.165, 1.54) is 6.08 Å². The molecule has 0 unspecified atom stereocenters. The molecule has 0 aliphatic heterocycles. The van der Waals surface area contributed by atoms with Gasteiger partial charge in [-0.3, -0.25) is 4.79 Å². The molecule has 3 heteroatoms. The highest BCUT2D eigenvalue weighted by Crippen LogP contribution is 2.37. The monoisotopic (exact) mass is 222 g/mol. The molecule has 0 spiro atoms. The largest absolute Gasteiger partial charge is 0.455 e. The van der Waals surface area contributed by atoms with Gasteiger partial charge in [0.2, 0.25) is 0 Å². The van der Waals surface area contributed by atoms with Crippen LogP contribution in [0.3, 0.4) is 0 Å². The summed E-state index contributed by atoms with van der Waals surface area (Å²) in [6.45, 7) is 5.64. The molecule has 1 aliphatic rings. The van der Waals surface area contributed by atoms with Crippen molar-refractivity contribution in [2.24, 2.45) is 11.3 Å². The molecular formula is C13H18O3. The third-order valence-electron chi connectivity index (χ3n) is 2.87. The highest BCUT2D eigenvalue weighted by atomic mass is 16.5. The van der Waals surface area contributed by atoms with Gasteiger partial charge in [-0.1, -0.05) is 32.1 Å². The molecule has 0 aromatic rings. The summed E-state index contributed by atoms with van der Waals surface area (Å²) in [5, 5.41) is 0. The average molecular weight is 222 g/mol. The van der Waals surface area contributed by atoms with Crippen molar-refractivity contribution in [3.05, 3.63) is 24.3 Å². The minimum absolute atomic E-state index is 0.00662. The second-order valence-corrected chi connectivity index (χ2v) is 4.59. The first-order chi connectivity index (χ1) is 7.47. The molecule has 0 saturated carbocycles. The number of hydrogen-bond acceptors (Lipinski definition) is 3. The fourth-order valence-corrected chi connectivity index (χ4v) is 1.90. The zero-order valence-corrected chi connectivity index (χ0v) is 10.0. The number of allylic oxidation sites excluding steroid dienone is 3. The summed E-state index contributed by atoms with van der Waals surface area (Å²) < 4.78 is 4.85. The van der Waals surface area contributed by atoms with Crippen LogP contribution in [0.4, 0.5) is 0 Å². The van der Waals surface area contributed by atoms with Crippen molar-refractivity contribution in [1.82, 2.24) is 0 Å². The van der Waals surface area contributed by atoms with Crippen LogP contribution in [0, 0.1) is 11.3 Å². The van der Waals surface area contributed by atoms with E-state index in [4.69, 9.17) is 4.74 Å². The average Bonchev–Trinajstić information content (AvgIpc) is 2.55. The lowest BCUT2D eigenvalue weighted by Gasteiger charge is -2.24. The van der Waals surface area contributed by atoms with Crippen LogP contribution in [-0.4, -0.2) is 18.4 Å². The summed E-state index contributed by atoms with van der Waals surface area (Å²) in [6, 6.07) is 0. The van der Waals surface area contributed by atoms with E-state index in [1.54, 1.807) is 13.0 Å². The van der Waals surface area contributed by atoms with Gasteiger partial charge in [0, 0.05) is 12.0 Å². The SMILES string of the molecule is C/C=C/C(=O)OCC(=O)[C@H]1CC=CC1(C)C. The van der Waals surface area contributed by atoms with Gasteiger partial charge in [-0.25, -0.2) is 4.79 Å². The van der Waals surface area contributed by atoms with Crippen molar-refractivity contribution in [2.45, 2.75) is 27.2 Å². The maximum atomic E-state index is 11.8. The molecule has 0 N–H and O–H groups in total. The maximum Gasteiger partial charge on any atom is 0.330 e. The molecule has 0 radical (unpaired) electrons. The molecule has 0 saturated heterocycles. The minimum Gasteiger partial charge on any atom is -0.455 e. The Labute approximate surface area is 96.2 Å². The molecular weight excluding hydrogens is 204 g/mol. The Morgan fingerprint density at radius 1 is 1.50 bits per heavy atom. The summed E-state index contributed by atoms with van der Waals surface area (Å²) in [4.78, 5) is 22.9. The Hall–Kier alpha value is -1.38. The lowest BCUT2D eigenvalue weighted by molar-refractivity contribution is -0.145. The number of rotatable bonds is 4. The Balaban J connectivity index is 2.45. The van der Waals surface area contributed by atoms with Gasteiger partial charge >= 0.3 is 5.97 Å². The summed E-state index contributed by atoms with van der Waals surface area (Å²) >= 11 is 0. The number of ether oxygens (including phenoxy) is 1. The molecule has 3 nitrogen and oxygen atoms in total. The number of Topliss-reactive ketones (excluding diaryl/α,β-unsaturated/α-hetero) is 1. The van der Waals surface area contributed by atoms with Crippen LogP contribution in [0.2, 0.25) is 0 Å². The van der Waals surface area contributed by atoms with Crippen LogP contribution in [0.25, 0.3) is 0 Å². The molecule has 0 amide bonds. The summed E-state index contributed by atoms with van der Waals surface area (Å²) in [5.74, 6) is -0.529. The minimum atomic E-state index is -0.459. The van der Waals surface area contributed by atoms with E-state index < -0.39 is 5.97 Å². The molecule has 88 valence electrons.